The van der Waals surface area contributed by atoms with Crippen molar-refractivity contribution in [3.63, 3.8) is 0 Å². The zero-order chi connectivity index (χ0) is 12.8. The first-order valence-corrected chi connectivity index (χ1v) is 7.29. The summed E-state index contributed by atoms with van der Waals surface area (Å²) in [5, 5.41) is 3.60. The summed E-state index contributed by atoms with van der Waals surface area (Å²) in [5.74, 6) is 0.748. The molecule has 0 spiro atoms. The molecule has 1 saturated heterocycles. The van der Waals surface area contributed by atoms with Gasteiger partial charge in [0, 0.05) is 6.04 Å². The fourth-order valence-corrected chi connectivity index (χ4v) is 3.11. The average molecular weight is 246 g/mol. The number of nitrogens with one attached hydrogen (secondary N) is 1. The Kier molecular flexibility index (Phi) is 5.21. The van der Waals surface area contributed by atoms with Crippen molar-refractivity contribution in [1.82, 2.24) is 10.2 Å². The van der Waals surface area contributed by atoms with Gasteiger partial charge in [0.05, 0.1) is 0 Å². The Morgan fingerprint density at radius 3 is 2.78 bits per heavy atom. The van der Waals surface area contributed by atoms with Gasteiger partial charge in [-0.3, -0.25) is 4.90 Å². The lowest BCUT2D eigenvalue weighted by Crippen LogP contribution is -2.40. The largest absolute Gasteiger partial charge is 0.316 e. The van der Waals surface area contributed by atoms with Crippen molar-refractivity contribution in [2.75, 3.05) is 26.7 Å². The Balaban J connectivity index is 2.06. The van der Waals surface area contributed by atoms with Crippen LogP contribution in [0.4, 0.5) is 0 Å². The number of rotatable bonds is 5. The van der Waals surface area contributed by atoms with Crippen LogP contribution in [-0.4, -0.2) is 31.6 Å². The Morgan fingerprint density at radius 1 is 1.28 bits per heavy atom. The van der Waals surface area contributed by atoms with E-state index in [0.29, 0.717) is 6.04 Å². The van der Waals surface area contributed by atoms with Gasteiger partial charge in [-0.15, -0.1) is 0 Å². The highest BCUT2D eigenvalue weighted by atomic mass is 15.1. The monoisotopic (exact) mass is 246 g/mol. The van der Waals surface area contributed by atoms with Gasteiger partial charge in [-0.1, -0.05) is 37.3 Å². The van der Waals surface area contributed by atoms with Crippen LogP contribution in [0.1, 0.15) is 37.8 Å². The highest BCUT2D eigenvalue weighted by Gasteiger charge is 2.29. The topological polar surface area (TPSA) is 15.3 Å². The van der Waals surface area contributed by atoms with Crippen molar-refractivity contribution in [3.8, 4) is 0 Å². The van der Waals surface area contributed by atoms with Crippen molar-refractivity contribution in [2.45, 2.75) is 32.2 Å². The summed E-state index contributed by atoms with van der Waals surface area (Å²) in [6.07, 6.45) is 3.90. The molecule has 2 atom stereocenters. The summed E-state index contributed by atoms with van der Waals surface area (Å²) in [6, 6.07) is 11.6. The molecule has 1 fully saturated rings. The molecule has 0 saturated carbocycles. The lowest BCUT2D eigenvalue weighted by molar-refractivity contribution is 0.119. The van der Waals surface area contributed by atoms with Gasteiger partial charge in [-0.25, -0.2) is 0 Å². The van der Waals surface area contributed by atoms with E-state index in [1.165, 1.54) is 31.4 Å². The number of piperidine rings is 1. The van der Waals surface area contributed by atoms with Crippen LogP contribution >= 0.6 is 0 Å². The Morgan fingerprint density at radius 2 is 2.06 bits per heavy atom. The van der Waals surface area contributed by atoms with Crippen LogP contribution in [-0.2, 0) is 0 Å². The zero-order valence-corrected chi connectivity index (χ0v) is 11.7. The van der Waals surface area contributed by atoms with E-state index in [0.717, 1.165) is 19.0 Å². The Bertz CT molecular complexity index is 336. The maximum atomic E-state index is 3.60. The average Bonchev–Trinajstić information content (AvgIpc) is 2.40. The van der Waals surface area contributed by atoms with E-state index in [2.05, 4.69) is 54.5 Å². The molecule has 0 radical (unpaired) electrons. The summed E-state index contributed by atoms with van der Waals surface area (Å²) < 4.78 is 0. The minimum Gasteiger partial charge on any atom is -0.316 e. The van der Waals surface area contributed by atoms with Crippen molar-refractivity contribution in [3.05, 3.63) is 35.9 Å². The van der Waals surface area contributed by atoms with Gasteiger partial charge >= 0.3 is 0 Å². The first-order valence-electron chi connectivity index (χ1n) is 7.29. The summed E-state index contributed by atoms with van der Waals surface area (Å²) in [7, 11) is 2.27. The lowest BCUT2D eigenvalue weighted by Gasteiger charge is -2.39. The molecule has 2 unspecified atom stereocenters. The predicted molar refractivity (Wildman–Crippen MR) is 77.7 cm³/mol. The Hall–Kier alpha value is -0.860. The van der Waals surface area contributed by atoms with Gasteiger partial charge in [-0.2, -0.15) is 0 Å². The van der Waals surface area contributed by atoms with Gasteiger partial charge in [0.25, 0.3) is 0 Å². The lowest BCUT2D eigenvalue weighted by atomic mass is 9.85. The molecule has 0 aliphatic carbocycles. The first kappa shape index (κ1) is 13.6. The number of hydrogen-bond acceptors (Lipinski definition) is 2. The van der Waals surface area contributed by atoms with Crippen LogP contribution in [0.3, 0.4) is 0 Å². The molecule has 18 heavy (non-hydrogen) atoms. The zero-order valence-electron chi connectivity index (χ0n) is 11.7. The molecular weight excluding hydrogens is 220 g/mol. The van der Waals surface area contributed by atoms with Gasteiger partial charge in [0.15, 0.2) is 0 Å². The van der Waals surface area contributed by atoms with E-state index in [-0.39, 0.29) is 0 Å². The molecule has 0 amide bonds. The second-order valence-corrected chi connectivity index (χ2v) is 5.44. The third-order valence-electron chi connectivity index (χ3n) is 3.98. The standard InChI is InChI=1S/C16H26N2/c1-3-11-17-13-15-10-7-12-18(2)16(15)14-8-5-4-6-9-14/h4-6,8-9,15-17H,3,7,10-13H2,1-2H3. The molecular formula is C16H26N2. The van der Waals surface area contributed by atoms with Gasteiger partial charge < -0.3 is 5.32 Å². The summed E-state index contributed by atoms with van der Waals surface area (Å²) in [6.45, 7) is 5.75. The summed E-state index contributed by atoms with van der Waals surface area (Å²) in [4.78, 5) is 2.52. The van der Waals surface area contributed by atoms with Crippen molar-refractivity contribution in [2.24, 2.45) is 5.92 Å². The number of nitrogens with zero attached hydrogens (tertiary/aromatic N) is 1. The molecule has 2 nitrogen and oxygen atoms in total. The minimum absolute atomic E-state index is 0.587. The Labute approximate surface area is 111 Å². The number of benzene rings is 1. The van der Waals surface area contributed by atoms with Crippen LogP contribution in [0, 0.1) is 5.92 Å². The van der Waals surface area contributed by atoms with Gasteiger partial charge in [-0.05, 0) is 57.4 Å². The van der Waals surface area contributed by atoms with E-state index in [1.807, 2.05) is 0 Å². The van der Waals surface area contributed by atoms with Crippen LogP contribution in [0.5, 0.6) is 0 Å². The normalized spacial score (nSPS) is 25.2. The molecule has 0 aromatic heterocycles. The quantitative estimate of drug-likeness (QED) is 0.803. The van der Waals surface area contributed by atoms with E-state index in [4.69, 9.17) is 0 Å². The molecule has 2 heteroatoms. The van der Waals surface area contributed by atoms with Crippen LogP contribution in [0.2, 0.25) is 0 Å². The maximum Gasteiger partial charge on any atom is 0.0385 e. The second kappa shape index (κ2) is 6.91. The number of likely N-dealkylation sites (tertiary alicyclic amines) is 1. The van der Waals surface area contributed by atoms with Crippen molar-refractivity contribution in [1.29, 1.82) is 0 Å². The third-order valence-corrected chi connectivity index (χ3v) is 3.98. The van der Waals surface area contributed by atoms with Crippen molar-refractivity contribution >= 4 is 0 Å². The second-order valence-electron chi connectivity index (χ2n) is 5.44. The molecule has 1 N–H and O–H groups in total. The third kappa shape index (κ3) is 3.33. The van der Waals surface area contributed by atoms with Crippen LogP contribution < -0.4 is 5.32 Å². The highest BCUT2D eigenvalue weighted by Crippen LogP contribution is 2.34. The van der Waals surface area contributed by atoms with Gasteiger partial charge in [0.2, 0.25) is 0 Å². The SMILES string of the molecule is CCCNCC1CCCN(C)C1c1ccccc1. The van der Waals surface area contributed by atoms with E-state index < -0.39 is 0 Å². The molecule has 1 aliphatic rings. The van der Waals surface area contributed by atoms with E-state index in [1.54, 1.807) is 0 Å². The molecule has 100 valence electrons. The maximum absolute atomic E-state index is 3.60. The summed E-state index contributed by atoms with van der Waals surface area (Å²) in [5.41, 5.74) is 1.47. The van der Waals surface area contributed by atoms with E-state index >= 15 is 0 Å². The minimum atomic E-state index is 0.587. The van der Waals surface area contributed by atoms with E-state index in [9.17, 15) is 0 Å². The highest BCUT2D eigenvalue weighted by molar-refractivity contribution is 5.20. The smallest absolute Gasteiger partial charge is 0.0385 e. The first-order chi connectivity index (χ1) is 8.83. The van der Waals surface area contributed by atoms with Crippen LogP contribution in [0.15, 0.2) is 30.3 Å². The van der Waals surface area contributed by atoms with Gasteiger partial charge in [0.1, 0.15) is 0 Å². The summed E-state index contributed by atoms with van der Waals surface area (Å²) >= 11 is 0. The fourth-order valence-electron chi connectivity index (χ4n) is 3.11. The molecule has 0 bridgehead atoms. The van der Waals surface area contributed by atoms with Crippen molar-refractivity contribution < 1.29 is 0 Å². The fraction of sp³-hybridized carbons (Fsp3) is 0.625. The molecule has 1 aliphatic heterocycles. The number of hydrogen-bond donors (Lipinski definition) is 1. The molecule has 1 heterocycles. The molecule has 1 aromatic carbocycles. The van der Waals surface area contributed by atoms with Crippen LogP contribution in [0.25, 0.3) is 0 Å². The molecule has 1 aromatic rings. The molecule has 2 rings (SSSR count). The predicted octanol–water partition coefficient (Wildman–Crippen LogP) is 3.07.